The second-order valence-electron chi connectivity index (χ2n) is 6.88. The largest absolute Gasteiger partial charge is 0.311 e. The summed E-state index contributed by atoms with van der Waals surface area (Å²) >= 11 is 6.09. The zero-order chi connectivity index (χ0) is 18.4. The van der Waals surface area contributed by atoms with Gasteiger partial charge in [-0.3, -0.25) is 0 Å². The van der Waals surface area contributed by atoms with Crippen molar-refractivity contribution in [3.8, 4) is 11.3 Å². The van der Waals surface area contributed by atoms with Gasteiger partial charge >= 0.3 is 0 Å². The predicted octanol–water partition coefficient (Wildman–Crippen LogP) is 4.78. The lowest BCUT2D eigenvalue weighted by Crippen LogP contribution is -2.17. The Morgan fingerprint density at radius 2 is 1.85 bits per heavy atom. The van der Waals surface area contributed by atoms with Crippen LogP contribution in [-0.2, 0) is 13.1 Å². The van der Waals surface area contributed by atoms with Crippen molar-refractivity contribution in [2.24, 2.45) is 5.92 Å². The van der Waals surface area contributed by atoms with Gasteiger partial charge in [0.1, 0.15) is 11.4 Å². The minimum Gasteiger partial charge on any atom is -0.311 e. The van der Waals surface area contributed by atoms with Gasteiger partial charge in [-0.2, -0.15) is 15.0 Å². The van der Waals surface area contributed by atoms with Crippen molar-refractivity contribution in [3.05, 3.63) is 70.9 Å². The van der Waals surface area contributed by atoms with E-state index in [4.69, 9.17) is 21.8 Å². The molecule has 0 saturated heterocycles. The van der Waals surface area contributed by atoms with E-state index in [1.807, 2.05) is 42.5 Å². The van der Waals surface area contributed by atoms with Crippen molar-refractivity contribution in [1.82, 2.24) is 20.3 Å². The molecule has 0 unspecified atom stereocenters. The summed E-state index contributed by atoms with van der Waals surface area (Å²) < 4.78 is 0. The average molecular weight is 369 g/mol. The van der Waals surface area contributed by atoms with Gasteiger partial charge in [0.25, 0.3) is 0 Å². The number of halogens is 1. The Balaban J connectivity index is 1.80. The van der Waals surface area contributed by atoms with Crippen molar-refractivity contribution in [1.29, 1.82) is 0 Å². The van der Waals surface area contributed by atoms with E-state index in [1.165, 1.54) is 0 Å². The number of rotatable bonds is 8. The Morgan fingerprint density at radius 3 is 2.58 bits per heavy atom. The van der Waals surface area contributed by atoms with Crippen molar-refractivity contribution >= 4 is 11.6 Å². The second kappa shape index (κ2) is 8.97. The quantitative estimate of drug-likeness (QED) is 0.582. The third kappa shape index (κ3) is 5.16. The maximum atomic E-state index is 6.09. The fraction of sp³-hybridized carbons (Fsp3) is 0.333. The maximum Gasteiger partial charge on any atom is 0.117 e. The van der Waals surface area contributed by atoms with Gasteiger partial charge in [0, 0.05) is 17.1 Å². The summed E-state index contributed by atoms with van der Waals surface area (Å²) in [5.74, 6) is 0.689. The Morgan fingerprint density at radius 1 is 1.04 bits per heavy atom. The third-order valence-electron chi connectivity index (χ3n) is 4.18. The Kier molecular flexibility index (Phi) is 6.42. The first-order valence-electron chi connectivity index (χ1n) is 9.06. The molecular formula is C21H25ClN4. The molecule has 3 rings (SSSR count). The highest BCUT2D eigenvalue weighted by Crippen LogP contribution is 2.20. The zero-order valence-electron chi connectivity index (χ0n) is 15.3. The van der Waals surface area contributed by atoms with Crippen molar-refractivity contribution in [2.75, 3.05) is 6.54 Å². The van der Waals surface area contributed by atoms with Crippen molar-refractivity contribution < 1.29 is 0 Å². The van der Waals surface area contributed by atoms with Crippen LogP contribution in [-0.4, -0.2) is 21.5 Å². The summed E-state index contributed by atoms with van der Waals surface area (Å²) in [7, 11) is 0. The summed E-state index contributed by atoms with van der Waals surface area (Å²) in [6.07, 6.45) is 1.15. The minimum absolute atomic E-state index is 0.604. The van der Waals surface area contributed by atoms with Crippen LogP contribution in [0.5, 0.6) is 0 Å². The van der Waals surface area contributed by atoms with Crippen LogP contribution in [0.2, 0.25) is 5.02 Å². The topological polar surface area (TPSA) is 42.7 Å². The monoisotopic (exact) mass is 368 g/mol. The van der Waals surface area contributed by atoms with Gasteiger partial charge in [0.15, 0.2) is 0 Å². The predicted molar refractivity (Wildman–Crippen MR) is 107 cm³/mol. The summed E-state index contributed by atoms with van der Waals surface area (Å²) in [5.41, 5.74) is 4.09. The molecule has 1 aromatic heterocycles. The molecule has 2 aromatic carbocycles. The smallest absolute Gasteiger partial charge is 0.117 e. The van der Waals surface area contributed by atoms with E-state index in [1.54, 1.807) is 4.80 Å². The van der Waals surface area contributed by atoms with E-state index in [0.717, 1.165) is 40.5 Å². The molecular weight excluding hydrogens is 344 g/mol. The maximum absolute atomic E-state index is 6.09. The first kappa shape index (κ1) is 18.6. The first-order valence-corrected chi connectivity index (χ1v) is 9.44. The number of hydrogen-bond acceptors (Lipinski definition) is 3. The normalized spacial score (nSPS) is 11.2. The fourth-order valence-electron chi connectivity index (χ4n) is 2.79. The summed E-state index contributed by atoms with van der Waals surface area (Å²) in [5, 5.41) is 13.7. The molecule has 0 aliphatic heterocycles. The summed E-state index contributed by atoms with van der Waals surface area (Å²) in [4.78, 5) is 1.76. The molecule has 1 N–H and O–H groups in total. The van der Waals surface area contributed by atoms with E-state index in [-0.39, 0.29) is 0 Å². The lowest BCUT2D eigenvalue weighted by atomic mass is 10.1. The summed E-state index contributed by atoms with van der Waals surface area (Å²) in [6.45, 7) is 6.77. The van der Waals surface area contributed by atoms with Gasteiger partial charge in [0.05, 0.1) is 6.54 Å². The SMILES string of the molecule is CC(C)CCNCc1nn(Cc2cccc(Cl)c2)nc1-c1ccccc1. The van der Waals surface area contributed by atoms with E-state index >= 15 is 0 Å². The van der Waals surface area contributed by atoms with Crippen LogP contribution in [0.3, 0.4) is 0 Å². The Labute approximate surface area is 160 Å². The van der Waals surface area contributed by atoms with Gasteiger partial charge in [-0.1, -0.05) is 67.9 Å². The number of nitrogens with zero attached hydrogens (tertiary/aromatic N) is 3. The lowest BCUT2D eigenvalue weighted by molar-refractivity contribution is 0.529. The number of nitrogens with one attached hydrogen (secondary N) is 1. The minimum atomic E-state index is 0.604. The molecule has 26 heavy (non-hydrogen) atoms. The van der Waals surface area contributed by atoms with E-state index in [2.05, 4.69) is 31.3 Å². The molecule has 136 valence electrons. The molecule has 0 radical (unpaired) electrons. The molecule has 0 bridgehead atoms. The number of benzene rings is 2. The van der Waals surface area contributed by atoms with Crippen LogP contribution >= 0.6 is 11.6 Å². The number of hydrogen-bond donors (Lipinski definition) is 1. The molecule has 0 amide bonds. The summed E-state index contributed by atoms with van der Waals surface area (Å²) in [6, 6.07) is 18.0. The molecule has 0 aliphatic carbocycles. The second-order valence-corrected chi connectivity index (χ2v) is 7.32. The van der Waals surface area contributed by atoms with Gasteiger partial charge in [-0.05, 0) is 36.6 Å². The zero-order valence-corrected chi connectivity index (χ0v) is 16.1. The van der Waals surface area contributed by atoms with Gasteiger partial charge < -0.3 is 5.32 Å². The van der Waals surface area contributed by atoms with E-state index in [9.17, 15) is 0 Å². The molecule has 0 spiro atoms. The van der Waals surface area contributed by atoms with Gasteiger partial charge in [-0.25, -0.2) is 0 Å². The van der Waals surface area contributed by atoms with Crippen LogP contribution < -0.4 is 5.32 Å². The van der Waals surface area contributed by atoms with Crippen LogP contribution in [0.4, 0.5) is 0 Å². The highest BCUT2D eigenvalue weighted by atomic mass is 35.5. The van der Waals surface area contributed by atoms with Gasteiger partial charge in [-0.15, -0.1) is 0 Å². The Hall–Kier alpha value is -2.17. The molecule has 0 aliphatic rings. The molecule has 0 saturated carbocycles. The lowest BCUT2D eigenvalue weighted by Gasteiger charge is -2.06. The molecule has 0 atom stereocenters. The third-order valence-corrected chi connectivity index (χ3v) is 4.41. The molecule has 1 heterocycles. The van der Waals surface area contributed by atoms with E-state index < -0.39 is 0 Å². The van der Waals surface area contributed by atoms with E-state index in [0.29, 0.717) is 19.0 Å². The van der Waals surface area contributed by atoms with Gasteiger partial charge in [0.2, 0.25) is 0 Å². The van der Waals surface area contributed by atoms with Crippen LogP contribution in [0, 0.1) is 5.92 Å². The van der Waals surface area contributed by atoms with Crippen LogP contribution in [0.25, 0.3) is 11.3 Å². The number of aromatic nitrogens is 3. The highest BCUT2D eigenvalue weighted by molar-refractivity contribution is 6.30. The van der Waals surface area contributed by atoms with Crippen LogP contribution in [0.1, 0.15) is 31.5 Å². The first-order chi connectivity index (χ1) is 12.6. The standard InChI is InChI=1S/C21H25ClN4/c1-16(2)11-12-23-14-20-21(18-8-4-3-5-9-18)25-26(24-20)15-17-7-6-10-19(22)13-17/h3-10,13,16,23H,11-12,14-15H2,1-2H3. The molecule has 3 aromatic rings. The molecule has 5 heteroatoms. The Bertz CT molecular complexity index is 827. The van der Waals surface area contributed by atoms with Crippen molar-refractivity contribution in [3.63, 3.8) is 0 Å². The van der Waals surface area contributed by atoms with Crippen molar-refractivity contribution in [2.45, 2.75) is 33.4 Å². The molecule has 4 nitrogen and oxygen atoms in total. The highest BCUT2D eigenvalue weighted by Gasteiger charge is 2.13. The van der Waals surface area contributed by atoms with Crippen LogP contribution in [0.15, 0.2) is 54.6 Å². The fourth-order valence-corrected chi connectivity index (χ4v) is 3.00. The molecule has 0 fully saturated rings. The average Bonchev–Trinajstić information content (AvgIpc) is 3.02.